The lowest BCUT2D eigenvalue weighted by molar-refractivity contribution is -0.278. The molecular formula is C17H19F3O4. The van der Waals surface area contributed by atoms with Gasteiger partial charge in [0.2, 0.25) is 0 Å². The summed E-state index contributed by atoms with van der Waals surface area (Å²) in [7, 11) is 0.799. The highest BCUT2D eigenvalue weighted by Crippen LogP contribution is 2.43. The van der Waals surface area contributed by atoms with Crippen LogP contribution in [0.15, 0.2) is 30.3 Å². The molecule has 7 heteroatoms. The molecule has 1 aromatic rings. The first-order chi connectivity index (χ1) is 11.2. The van der Waals surface area contributed by atoms with Gasteiger partial charge >= 0.3 is 12.1 Å². The van der Waals surface area contributed by atoms with Crippen molar-refractivity contribution >= 4 is 11.8 Å². The molecule has 4 nitrogen and oxygen atoms in total. The van der Waals surface area contributed by atoms with Crippen molar-refractivity contribution in [1.82, 2.24) is 0 Å². The lowest BCUT2D eigenvalue weighted by atomic mass is 9.87. The van der Waals surface area contributed by atoms with Crippen LogP contribution in [0, 0.1) is 5.92 Å². The number of methoxy groups -OCH3 is 1. The number of ether oxygens (including phenoxy) is 2. The predicted molar refractivity (Wildman–Crippen MR) is 79.1 cm³/mol. The van der Waals surface area contributed by atoms with Crippen LogP contribution in [0.2, 0.25) is 0 Å². The van der Waals surface area contributed by atoms with E-state index < -0.39 is 23.9 Å². The van der Waals surface area contributed by atoms with Crippen LogP contribution in [0.3, 0.4) is 0 Å². The first-order valence-corrected chi connectivity index (χ1v) is 7.63. The fourth-order valence-electron chi connectivity index (χ4n) is 2.88. The Bertz CT molecular complexity index is 600. The van der Waals surface area contributed by atoms with Crippen molar-refractivity contribution in [2.24, 2.45) is 5.92 Å². The first-order valence-electron chi connectivity index (χ1n) is 7.63. The highest BCUT2D eigenvalue weighted by Gasteiger charge is 2.64. The zero-order chi connectivity index (χ0) is 18.0. The summed E-state index contributed by atoms with van der Waals surface area (Å²) >= 11 is 0. The number of hydrogen-bond donors (Lipinski definition) is 0. The molecule has 0 saturated heterocycles. The second-order valence-electron chi connectivity index (χ2n) is 5.99. The van der Waals surface area contributed by atoms with Gasteiger partial charge in [-0.3, -0.25) is 4.79 Å². The van der Waals surface area contributed by atoms with Gasteiger partial charge in [0.05, 0.1) is 0 Å². The standard InChI is InChI=1S/C17H19F3O4/c1-11-8-9-13(21)14(10-11)24-15(22)16(23-2,17(18,19)20)12-6-4-3-5-7-12/h3-7,11,14H,8-10H2,1-2H3/t11-,14-,16?/m1/s1. The number of rotatable bonds is 4. The molecule has 1 aliphatic carbocycles. The molecule has 0 heterocycles. The summed E-state index contributed by atoms with van der Waals surface area (Å²) in [5, 5.41) is 0. The Labute approximate surface area is 137 Å². The second kappa shape index (κ2) is 6.93. The summed E-state index contributed by atoms with van der Waals surface area (Å²) in [4.78, 5) is 24.3. The Morgan fingerprint density at radius 1 is 1.21 bits per heavy atom. The molecule has 0 radical (unpaired) electrons. The van der Waals surface area contributed by atoms with E-state index in [1.165, 1.54) is 18.2 Å². The van der Waals surface area contributed by atoms with Gasteiger partial charge in [-0.15, -0.1) is 0 Å². The molecular weight excluding hydrogens is 325 g/mol. The van der Waals surface area contributed by atoms with E-state index in [-0.39, 0.29) is 30.1 Å². The maximum Gasteiger partial charge on any atom is 0.432 e. The third-order valence-corrected chi connectivity index (χ3v) is 4.28. The van der Waals surface area contributed by atoms with Crippen molar-refractivity contribution in [1.29, 1.82) is 0 Å². The number of alkyl halides is 3. The molecule has 0 aliphatic heterocycles. The molecule has 0 bridgehead atoms. The van der Waals surface area contributed by atoms with Crippen LogP contribution in [-0.2, 0) is 24.7 Å². The minimum atomic E-state index is -5.04. The molecule has 132 valence electrons. The van der Waals surface area contributed by atoms with Crippen LogP contribution in [0.1, 0.15) is 31.7 Å². The number of carbonyl (C=O) groups excluding carboxylic acids is 2. The van der Waals surface area contributed by atoms with Crippen molar-refractivity contribution < 1.29 is 32.2 Å². The van der Waals surface area contributed by atoms with Gasteiger partial charge in [-0.1, -0.05) is 37.3 Å². The van der Waals surface area contributed by atoms with E-state index in [2.05, 4.69) is 4.74 Å². The van der Waals surface area contributed by atoms with Crippen LogP contribution in [-0.4, -0.2) is 31.1 Å². The van der Waals surface area contributed by atoms with Crippen molar-refractivity contribution in [2.45, 2.75) is 44.1 Å². The van der Waals surface area contributed by atoms with Gasteiger partial charge in [0.1, 0.15) is 0 Å². The zero-order valence-corrected chi connectivity index (χ0v) is 13.4. The topological polar surface area (TPSA) is 52.6 Å². The molecule has 0 spiro atoms. The highest BCUT2D eigenvalue weighted by molar-refractivity contribution is 5.89. The maximum absolute atomic E-state index is 13.7. The summed E-state index contributed by atoms with van der Waals surface area (Å²) < 4.78 is 50.8. The van der Waals surface area contributed by atoms with Crippen molar-refractivity contribution in [3.8, 4) is 0 Å². The Hall–Kier alpha value is -1.89. The summed E-state index contributed by atoms with van der Waals surface area (Å²) in [5.74, 6) is -1.88. The van der Waals surface area contributed by atoms with Gasteiger partial charge in [-0.2, -0.15) is 13.2 Å². The van der Waals surface area contributed by atoms with Gasteiger partial charge in [-0.05, 0) is 18.8 Å². The minimum absolute atomic E-state index is 0.0973. The van der Waals surface area contributed by atoms with Crippen LogP contribution in [0.4, 0.5) is 13.2 Å². The number of benzene rings is 1. The van der Waals surface area contributed by atoms with Crippen molar-refractivity contribution in [2.75, 3.05) is 7.11 Å². The third-order valence-electron chi connectivity index (χ3n) is 4.28. The Kier molecular flexibility index (Phi) is 5.32. The summed E-state index contributed by atoms with van der Waals surface area (Å²) in [6, 6.07) is 6.55. The molecule has 1 aromatic carbocycles. The molecule has 0 aromatic heterocycles. The van der Waals surface area contributed by atoms with Crippen LogP contribution >= 0.6 is 0 Å². The lowest BCUT2D eigenvalue weighted by Crippen LogP contribution is -2.53. The molecule has 24 heavy (non-hydrogen) atoms. The van der Waals surface area contributed by atoms with Crippen molar-refractivity contribution in [3.63, 3.8) is 0 Å². The Balaban J connectivity index is 2.37. The highest BCUT2D eigenvalue weighted by atomic mass is 19.4. The Morgan fingerprint density at radius 2 is 1.83 bits per heavy atom. The van der Waals surface area contributed by atoms with Gasteiger partial charge in [-0.25, -0.2) is 4.79 Å². The maximum atomic E-state index is 13.7. The zero-order valence-electron chi connectivity index (χ0n) is 13.4. The van der Waals surface area contributed by atoms with Crippen LogP contribution in [0.25, 0.3) is 0 Å². The number of halogens is 3. The largest absolute Gasteiger partial charge is 0.452 e. The van der Waals surface area contributed by atoms with E-state index in [1.807, 2.05) is 6.92 Å². The van der Waals surface area contributed by atoms with Gasteiger partial charge in [0.25, 0.3) is 5.60 Å². The van der Waals surface area contributed by atoms with E-state index in [1.54, 1.807) is 0 Å². The molecule has 2 rings (SSSR count). The summed E-state index contributed by atoms with van der Waals surface area (Å²) in [6.45, 7) is 1.86. The third kappa shape index (κ3) is 3.31. The smallest absolute Gasteiger partial charge is 0.432 e. The predicted octanol–water partition coefficient (Wildman–Crippen LogP) is 3.39. The van der Waals surface area contributed by atoms with E-state index in [0.717, 1.165) is 19.2 Å². The fraction of sp³-hybridized carbons (Fsp3) is 0.529. The summed E-state index contributed by atoms with van der Waals surface area (Å²) in [5.41, 5.74) is -3.64. The first kappa shape index (κ1) is 18.4. The SMILES string of the molecule is COC(C(=O)O[C@@H]1C[C@H](C)CCC1=O)(c1ccccc1)C(F)(F)F. The molecule has 3 atom stereocenters. The molecule has 1 aliphatic rings. The molecule has 1 fully saturated rings. The molecule has 0 N–H and O–H groups in total. The number of esters is 1. The van der Waals surface area contributed by atoms with Gasteiger partial charge in [0.15, 0.2) is 11.9 Å². The Morgan fingerprint density at radius 3 is 2.38 bits per heavy atom. The second-order valence-corrected chi connectivity index (χ2v) is 5.99. The summed E-state index contributed by atoms with van der Waals surface area (Å²) in [6.07, 6.45) is -5.15. The molecule has 0 amide bonds. The molecule has 1 unspecified atom stereocenters. The minimum Gasteiger partial charge on any atom is -0.452 e. The van der Waals surface area contributed by atoms with E-state index >= 15 is 0 Å². The van der Waals surface area contributed by atoms with Gasteiger partial charge < -0.3 is 9.47 Å². The monoisotopic (exact) mass is 344 g/mol. The van der Waals surface area contributed by atoms with Crippen LogP contribution in [0.5, 0.6) is 0 Å². The lowest BCUT2D eigenvalue weighted by Gasteiger charge is -2.34. The van der Waals surface area contributed by atoms with E-state index in [4.69, 9.17) is 4.74 Å². The van der Waals surface area contributed by atoms with E-state index in [9.17, 15) is 22.8 Å². The average Bonchev–Trinajstić information content (AvgIpc) is 2.52. The number of ketones is 1. The van der Waals surface area contributed by atoms with E-state index in [0.29, 0.717) is 6.42 Å². The number of carbonyl (C=O) groups is 2. The normalized spacial score (nSPS) is 24.3. The fourth-order valence-corrected chi connectivity index (χ4v) is 2.88. The van der Waals surface area contributed by atoms with Crippen LogP contribution < -0.4 is 0 Å². The molecule has 1 saturated carbocycles. The average molecular weight is 344 g/mol. The van der Waals surface area contributed by atoms with Crippen molar-refractivity contribution in [3.05, 3.63) is 35.9 Å². The number of Topliss-reactive ketones (excluding diaryl/α,β-unsaturated/α-hetero) is 1. The number of hydrogen-bond acceptors (Lipinski definition) is 4. The van der Waals surface area contributed by atoms with Gasteiger partial charge in [0, 0.05) is 19.1 Å². The quantitative estimate of drug-likeness (QED) is 0.786.